The highest BCUT2D eigenvalue weighted by Crippen LogP contribution is 2.27. The van der Waals surface area contributed by atoms with E-state index in [0.717, 1.165) is 5.56 Å². The minimum Gasteiger partial charge on any atom is -0.326 e. The molecule has 0 aliphatic heterocycles. The number of benzene rings is 1. The van der Waals surface area contributed by atoms with Gasteiger partial charge < -0.3 is 5.73 Å². The van der Waals surface area contributed by atoms with Gasteiger partial charge in [-0.3, -0.25) is 4.90 Å². The molecule has 1 aromatic carbocycles. The van der Waals surface area contributed by atoms with Crippen LogP contribution in [0.2, 0.25) is 5.02 Å². The van der Waals surface area contributed by atoms with E-state index in [2.05, 4.69) is 9.62 Å². The Bertz CT molecular complexity index is 602. The molecule has 0 heterocycles. The van der Waals surface area contributed by atoms with E-state index < -0.39 is 10.0 Å². The summed E-state index contributed by atoms with van der Waals surface area (Å²) in [6, 6.07) is 5.39. The number of rotatable bonds is 7. The molecule has 1 saturated carbocycles. The van der Waals surface area contributed by atoms with Crippen molar-refractivity contribution in [1.29, 1.82) is 0 Å². The molecule has 0 spiro atoms. The summed E-state index contributed by atoms with van der Waals surface area (Å²) in [7, 11) is -1.51. The van der Waals surface area contributed by atoms with Crippen LogP contribution in [0.4, 0.5) is 0 Å². The Morgan fingerprint density at radius 3 is 2.67 bits per heavy atom. The van der Waals surface area contributed by atoms with Crippen LogP contribution < -0.4 is 10.5 Å². The van der Waals surface area contributed by atoms with Gasteiger partial charge >= 0.3 is 0 Å². The molecule has 5 nitrogen and oxygen atoms in total. The van der Waals surface area contributed by atoms with Gasteiger partial charge in [0.15, 0.2) is 0 Å². The number of likely N-dealkylation sites (N-methyl/N-ethyl adjacent to an activating group) is 1. The lowest BCUT2D eigenvalue weighted by molar-refractivity contribution is 0.248. The van der Waals surface area contributed by atoms with Gasteiger partial charge in [-0.05, 0) is 44.5 Å². The van der Waals surface area contributed by atoms with E-state index in [0.29, 0.717) is 17.6 Å². The van der Waals surface area contributed by atoms with E-state index in [1.54, 1.807) is 6.07 Å². The number of nitrogens with zero attached hydrogens (tertiary/aromatic N) is 1. The minimum absolute atomic E-state index is 0.158. The Morgan fingerprint density at radius 1 is 1.48 bits per heavy atom. The third-order valence-electron chi connectivity index (χ3n) is 3.94. The van der Waals surface area contributed by atoms with Crippen molar-refractivity contribution in [2.24, 2.45) is 5.73 Å². The van der Waals surface area contributed by atoms with E-state index in [9.17, 15) is 8.42 Å². The van der Waals surface area contributed by atoms with Gasteiger partial charge in [-0.2, -0.15) is 0 Å². The predicted molar refractivity (Wildman–Crippen MR) is 84.8 cm³/mol. The van der Waals surface area contributed by atoms with Gasteiger partial charge in [0.2, 0.25) is 10.0 Å². The van der Waals surface area contributed by atoms with E-state index in [1.165, 1.54) is 25.0 Å². The average molecular weight is 332 g/mol. The molecule has 1 fully saturated rings. The van der Waals surface area contributed by atoms with Crippen LogP contribution in [0.25, 0.3) is 0 Å². The van der Waals surface area contributed by atoms with Crippen molar-refractivity contribution >= 4 is 21.6 Å². The first kappa shape index (κ1) is 16.7. The first-order valence-corrected chi connectivity index (χ1v) is 8.91. The van der Waals surface area contributed by atoms with Crippen LogP contribution in [0, 0.1) is 0 Å². The van der Waals surface area contributed by atoms with Crippen molar-refractivity contribution in [1.82, 2.24) is 9.62 Å². The van der Waals surface area contributed by atoms with Crippen LogP contribution in [-0.4, -0.2) is 39.0 Å². The SMILES string of the molecule is CC(CNS(=O)(=O)c1ccc(CN)c(Cl)c1)N(C)C1CC1. The molecule has 0 amide bonds. The minimum atomic E-state index is -3.54. The molecule has 3 N–H and O–H groups in total. The van der Waals surface area contributed by atoms with Crippen LogP contribution in [0.5, 0.6) is 0 Å². The summed E-state index contributed by atoms with van der Waals surface area (Å²) in [5, 5.41) is 0.378. The number of hydrogen-bond donors (Lipinski definition) is 2. The molecular formula is C14H22ClN3O2S. The van der Waals surface area contributed by atoms with Crippen LogP contribution >= 0.6 is 11.6 Å². The summed E-state index contributed by atoms with van der Waals surface area (Å²) in [6.07, 6.45) is 2.40. The van der Waals surface area contributed by atoms with Crippen LogP contribution in [0.15, 0.2) is 23.1 Å². The standard InChI is InChI=1S/C14H22ClN3O2S/c1-10(18(2)12-4-5-12)9-17-21(19,20)13-6-3-11(8-16)14(15)7-13/h3,6-7,10,12,17H,4-5,8-9,16H2,1-2H3. The summed E-state index contributed by atoms with van der Waals surface area (Å²) >= 11 is 6.02. The van der Waals surface area contributed by atoms with Gasteiger partial charge in [0.25, 0.3) is 0 Å². The zero-order valence-corrected chi connectivity index (χ0v) is 13.9. The molecule has 1 unspecified atom stereocenters. The lowest BCUT2D eigenvalue weighted by Gasteiger charge is -2.24. The van der Waals surface area contributed by atoms with Gasteiger partial charge in [0.1, 0.15) is 0 Å². The molecular weight excluding hydrogens is 310 g/mol. The molecule has 1 aliphatic rings. The van der Waals surface area contributed by atoms with Crippen LogP contribution in [0.3, 0.4) is 0 Å². The van der Waals surface area contributed by atoms with Gasteiger partial charge in [-0.25, -0.2) is 13.1 Å². The lowest BCUT2D eigenvalue weighted by atomic mass is 10.2. The maximum absolute atomic E-state index is 12.3. The van der Waals surface area contributed by atoms with Crippen molar-refractivity contribution in [3.63, 3.8) is 0 Å². The summed E-state index contributed by atoms with van der Waals surface area (Å²) < 4.78 is 27.2. The Labute approximate surface area is 131 Å². The second-order valence-corrected chi connectivity index (χ2v) is 7.73. The highest BCUT2D eigenvalue weighted by Gasteiger charge is 2.29. The number of hydrogen-bond acceptors (Lipinski definition) is 4. The summed E-state index contributed by atoms with van der Waals surface area (Å²) in [5.74, 6) is 0. The second-order valence-electron chi connectivity index (χ2n) is 5.55. The lowest BCUT2D eigenvalue weighted by Crippen LogP contribution is -2.41. The third-order valence-corrected chi connectivity index (χ3v) is 5.71. The molecule has 1 aromatic rings. The predicted octanol–water partition coefficient (Wildman–Crippen LogP) is 1.56. The van der Waals surface area contributed by atoms with E-state index in [1.807, 2.05) is 14.0 Å². The number of sulfonamides is 1. The Kier molecular flexibility index (Phi) is 5.27. The number of halogens is 1. The maximum atomic E-state index is 12.3. The molecule has 118 valence electrons. The fourth-order valence-corrected chi connectivity index (χ4v) is 3.63. The van der Waals surface area contributed by atoms with Crippen LogP contribution in [0.1, 0.15) is 25.3 Å². The summed E-state index contributed by atoms with van der Waals surface area (Å²) in [6.45, 7) is 2.69. The number of nitrogens with two attached hydrogens (primary N) is 1. The van der Waals surface area contributed by atoms with Gasteiger partial charge in [0, 0.05) is 30.2 Å². The molecule has 7 heteroatoms. The molecule has 1 atom stereocenters. The zero-order valence-electron chi connectivity index (χ0n) is 12.3. The van der Waals surface area contributed by atoms with Gasteiger partial charge in [-0.1, -0.05) is 17.7 Å². The van der Waals surface area contributed by atoms with E-state index >= 15 is 0 Å². The van der Waals surface area contributed by atoms with Crippen molar-refractivity contribution in [3.8, 4) is 0 Å². The Balaban J connectivity index is 2.02. The molecule has 0 bridgehead atoms. The molecule has 0 radical (unpaired) electrons. The fourth-order valence-electron chi connectivity index (χ4n) is 2.16. The van der Waals surface area contributed by atoms with Gasteiger partial charge in [-0.15, -0.1) is 0 Å². The quantitative estimate of drug-likeness (QED) is 0.795. The van der Waals surface area contributed by atoms with Gasteiger partial charge in [0.05, 0.1) is 4.90 Å². The average Bonchev–Trinajstić information content (AvgIpc) is 3.28. The highest BCUT2D eigenvalue weighted by molar-refractivity contribution is 7.89. The van der Waals surface area contributed by atoms with Crippen molar-refractivity contribution in [2.45, 2.75) is 43.3 Å². The maximum Gasteiger partial charge on any atom is 0.240 e. The topological polar surface area (TPSA) is 75.4 Å². The van der Waals surface area contributed by atoms with Crippen molar-refractivity contribution < 1.29 is 8.42 Å². The molecule has 21 heavy (non-hydrogen) atoms. The normalized spacial score (nSPS) is 17.2. The Morgan fingerprint density at radius 2 is 2.14 bits per heavy atom. The number of nitrogens with one attached hydrogen (secondary N) is 1. The third kappa shape index (κ3) is 4.17. The van der Waals surface area contributed by atoms with Crippen molar-refractivity contribution in [3.05, 3.63) is 28.8 Å². The highest BCUT2D eigenvalue weighted by atomic mass is 35.5. The Hall–Kier alpha value is -0.660. The summed E-state index contributed by atoms with van der Waals surface area (Å²) in [4.78, 5) is 2.39. The first-order valence-electron chi connectivity index (χ1n) is 7.05. The van der Waals surface area contributed by atoms with Crippen molar-refractivity contribution in [2.75, 3.05) is 13.6 Å². The molecule has 0 saturated heterocycles. The largest absolute Gasteiger partial charge is 0.326 e. The fraction of sp³-hybridized carbons (Fsp3) is 0.571. The molecule has 1 aliphatic carbocycles. The first-order chi connectivity index (χ1) is 9.85. The smallest absolute Gasteiger partial charge is 0.240 e. The van der Waals surface area contributed by atoms with E-state index in [4.69, 9.17) is 17.3 Å². The molecule has 2 rings (SSSR count). The zero-order chi connectivity index (χ0) is 15.6. The summed E-state index contributed by atoms with van der Waals surface area (Å²) in [5.41, 5.74) is 6.25. The van der Waals surface area contributed by atoms with E-state index in [-0.39, 0.29) is 17.5 Å². The second kappa shape index (κ2) is 6.62. The monoisotopic (exact) mass is 331 g/mol. The van der Waals surface area contributed by atoms with Crippen LogP contribution in [-0.2, 0) is 16.6 Å². The molecule has 0 aromatic heterocycles.